The zero-order valence-electron chi connectivity index (χ0n) is 15.3. The summed E-state index contributed by atoms with van der Waals surface area (Å²) in [5.41, 5.74) is 6.98. The molecule has 0 aliphatic heterocycles. The van der Waals surface area contributed by atoms with Gasteiger partial charge in [0.1, 0.15) is 0 Å². The van der Waals surface area contributed by atoms with Gasteiger partial charge in [0.15, 0.2) is 5.82 Å². The molecule has 1 amide bonds. The lowest BCUT2D eigenvalue weighted by atomic mass is 9.74. The van der Waals surface area contributed by atoms with Crippen LogP contribution in [0.25, 0.3) is 0 Å². The summed E-state index contributed by atoms with van der Waals surface area (Å²) >= 11 is 0. The van der Waals surface area contributed by atoms with Crippen LogP contribution in [0.15, 0.2) is 34.9 Å². The van der Waals surface area contributed by atoms with Crippen LogP contribution < -0.4 is 11.1 Å². The van der Waals surface area contributed by atoms with Crippen LogP contribution in [0.5, 0.6) is 0 Å². The molecule has 6 nitrogen and oxygen atoms in total. The predicted octanol–water partition coefficient (Wildman–Crippen LogP) is 3.17. The smallest absolute Gasteiger partial charge is 0.231 e. The van der Waals surface area contributed by atoms with Gasteiger partial charge in [-0.25, -0.2) is 0 Å². The van der Waals surface area contributed by atoms with Crippen molar-refractivity contribution in [1.82, 2.24) is 15.5 Å². The zero-order chi connectivity index (χ0) is 17.9. The van der Waals surface area contributed by atoms with E-state index in [1.807, 2.05) is 44.2 Å². The summed E-state index contributed by atoms with van der Waals surface area (Å²) in [5.74, 6) is 0.850. The standard InChI is InChI=1S/C19H26N4O2.ClH/c1-13(21-18(24)15-10-6-7-11-19(15,2)20)17-22-16(25-23-17)12-14-8-4-3-5-9-14;/h3-5,8-9,13,15H,6-7,10-12,20H2,1-2H3,(H,21,24);1H. The summed E-state index contributed by atoms with van der Waals surface area (Å²) in [6.45, 7) is 3.83. The minimum Gasteiger partial charge on any atom is -0.346 e. The molecule has 1 aliphatic rings. The van der Waals surface area contributed by atoms with Crippen LogP contribution >= 0.6 is 12.4 Å². The number of nitrogens with one attached hydrogen (secondary N) is 1. The van der Waals surface area contributed by atoms with Gasteiger partial charge in [-0.15, -0.1) is 12.4 Å². The van der Waals surface area contributed by atoms with Gasteiger partial charge in [-0.05, 0) is 32.3 Å². The van der Waals surface area contributed by atoms with E-state index in [-0.39, 0.29) is 30.3 Å². The number of rotatable bonds is 5. The number of benzene rings is 1. The lowest BCUT2D eigenvalue weighted by Gasteiger charge is -2.37. The first-order valence-corrected chi connectivity index (χ1v) is 8.91. The van der Waals surface area contributed by atoms with E-state index in [9.17, 15) is 4.79 Å². The highest BCUT2D eigenvalue weighted by atomic mass is 35.5. The quantitative estimate of drug-likeness (QED) is 0.833. The molecule has 142 valence electrons. The maximum absolute atomic E-state index is 12.6. The van der Waals surface area contributed by atoms with Crippen molar-refractivity contribution in [2.45, 2.75) is 57.5 Å². The van der Waals surface area contributed by atoms with Crippen molar-refractivity contribution in [3.63, 3.8) is 0 Å². The van der Waals surface area contributed by atoms with Crippen LogP contribution in [0.2, 0.25) is 0 Å². The summed E-state index contributed by atoms with van der Waals surface area (Å²) in [6.07, 6.45) is 4.42. The molecule has 1 saturated carbocycles. The lowest BCUT2D eigenvalue weighted by molar-refractivity contribution is -0.128. The van der Waals surface area contributed by atoms with E-state index in [4.69, 9.17) is 10.3 Å². The van der Waals surface area contributed by atoms with Crippen molar-refractivity contribution in [2.75, 3.05) is 0 Å². The molecule has 0 saturated heterocycles. The van der Waals surface area contributed by atoms with Crippen molar-refractivity contribution in [1.29, 1.82) is 0 Å². The Labute approximate surface area is 160 Å². The lowest BCUT2D eigenvalue weighted by Crippen LogP contribution is -2.53. The Morgan fingerprint density at radius 3 is 2.81 bits per heavy atom. The molecule has 1 aromatic carbocycles. The van der Waals surface area contributed by atoms with Gasteiger partial charge in [-0.3, -0.25) is 4.79 Å². The molecule has 26 heavy (non-hydrogen) atoms. The monoisotopic (exact) mass is 378 g/mol. The SMILES string of the molecule is CC(NC(=O)C1CCCCC1(C)N)c1noc(Cc2ccccc2)n1.Cl. The largest absolute Gasteiger partial charge is 0.346 e. The molecule has 3 N–H and O–H groups in total. The van der Waals surface area contributed by atoms with Crippen molar-refractivity contribution >= 4 is 18.3 Å². The number of nitrogens with zero attached hydrogens (tertiary/aromatic N) is 2. The first-order chi connectivity index (χ1) is 12.0. The second-order valence-electron chi connectivity index (χ2n) is 7.24. The fourth-order valence-corrected chi connectivity index (χ4v) is 3.45. The highest BCUT2D eigenvalue weighted by Gasteiger charge is 2.38. The van der Waals surface area contributed by atoms with E-state index in [1.165, 1.54) is 0 Å². The zero-order valence-corrected chi connectivity index (χ0v) is 16.1. The molecule has 2 aromatic rings. The maximum Gasteiger partial charge on any atom is 0.231 e. The van der Waals surface area contributed by atoms with Gasteiger partial charge < -0.3 is 15.6 Å². The summed E-state index contributed by atoms with van der Waals surface area (Å²) < 4.78 is 5.32. The molecule has 1 heterocycles. The highest BCUT2D eigenvalue weighted by molar-refractivity contribution is 5.85. The summed E-state index contributed by atoms with van der Waals surface area (Å²) in [6, 6.07) is 9.64. The van der Waals surface area contributed by atoms with Crippen LogP contribution in [-0.4, -0.2) is 21.6 Å². The molecule has 1 aliphatic carbocycles. The fourth-order valence-electron chi connectivity index (χ4n) is 3.45. The van der Waals surface area contributed by atoms with Crippen molar-refractivity contribution < 1.29 is 9.32 Å². The van der Waals surface area contributed by atoms with Gasteiger partial charge in [0.2, 0.25) is 11.8 Å². The predicted molar refractivity (Wildman–Crippen MR) is 102 cm³/mol. The van der Waals surface area contributed by atoms with Crippen LogP contribution in [0.4, 0.5) is 0 Å². The summed E-state index contributed by atoms with van der Waals surface area (Å²) in [5, 5.41) is 7.01. The number of aromatic nitrogens is 2. The van der Waals surface area contributed by atoms with E-state index in [0.717, 1.165) is 31.2 Å². The van der Waals surface area contributed by atoms with E-state index in [0.29, 0.717) is 18.1 Å². The van der Waals surface area contributed by atoms with Gasteiger partial charge in [-0.1, -0.05) is 48.3 Å². The van der Waals surface area contributed by atoms with Crippen LogP contribution in [0, 0.1) is 5.92 Å². The molecular formula is C19H27ClN4O2. The first kappa shape index (κ1) is 20.4. The summed E-state index contributed by atoms with van der Waals surface area (Å²) in [4.78, 5) is 17.0. The number of carbonyl (C=O) groups is 1. The summed E-state index contributed by atoms with van der Waals surface area (Å²) in [7, 11) is 0. The number of carbonyl (C=O) groups excluding carboxylic acids is 1. The Bertz CT molecular complexity index is 717. The molecule has 7 heteroatoms. The van der Waals surface area contributed by atoms with Gasteiger partial charge in [0.05, 0.1) is 18.4 Å². The van der Waals surface area contributed by atoms with E-state index >= 15 is 0 Å². The normalized spacial score (nSPS) is 23.7. The Balaban J connectivity index is 0.00000243. The van der Waals surface area contributed by atoms with Gasteiger partial charge in [-0.2, -0.15) is 4.98 Å². The molecule has 0 bridgehead atoms. The molecule has 3 rings (SSSR count). The van der Waals surface area contributed by atoms with Gasteiger partial charge >= 0.3 is 0 Å². The Morgan fingerprint density at radius 1 is 1.38 bits per heavy atom. The van der Waals surface area contributed by atoms with E-state index in [1.54, 1.807) is 0 Å². The molecule has 0 spiro atoms. The first-order valence-electron chi connectivity index (χ1n) is 8.91. The fraction of sp³-hybridized carbons (Fsp3) is 0.526. The third-order valence-electron chi connectivity index (χ3n) is 5.00. The molecular weight excluding hydrogens is 352 g/mol. The number of amides is 1. The molecule has 1 aromatic heterocycles. The Morgan fingerprint density at radius 2 is 2.12 bits per heavy atom. The van der Waals surface area contributed by atoms with Crippen molar-refractivity contribution in [2.24, 2.45) is 11.7 Å². The Hall–Kier alpha value is -1.92. The number of halogens is 1. The van der Waals surface area contributed by atoms with Gasteiger partial charge in [0.25, 0.3) is 0 Å². The maximum atomic E-state index is 12.6. The van der Waals surface area contributed by atoms with Crippen molar-refractivity contribution in [3.8, 4) is 0 Å². The third kappa shape index (κ3) is 4.83. The van der Waals surface area contributed by atoms with Crippen LogP contribution in [-0.2, 0) is 11.2 Å². The van der Waals surface area contributed by atoms with Crippen LogP contribution in [0.1, 0.15) is 62.9 Å². The van der Waals surface area contributed by atoms with Crippen LogP contribution in [0.3, 0.4) is 0 Å². The average Bonchev–Trinajstić information content (AvgIpc) is 3.04. The highest BCUT2D eigenvalue weighted by Crippen LogP contribution is 2.32. The van der Waals surface area contributed by atoms with Gasteiger partial charge in [0, 0.05) is 5.54 Å². The second kappa shape index (κ2) is 8.64. The number of hydrogen-bond acceptors (Lipinski definition) is 5. The average molecular weight is 379 g/mol. The van der Waals surface area contributed by atoms with E-state index < -0.39 is 5.54 Å². The number of hydrogen-bond donors (Lipinski definition) is 2. The molecule has 3 atom stereocenters. The molecule has 0 radical (unpaired) electrons. The van der Waals surface area contributed by atoms with E-state index in [2.05, 4.69) is 15.5 Å². The Kier molecular flexibility index (Phi) is 6.78. The molecule has 1 fully saturated rings. The van der Waals surface area contributed by atoms with Crippen molar-refractivity contribution in [3.05, 3.63) is 47.6 Å². The minimum absolute atomic E-state index is 0. The minimum atomic E-state index is -0.447. The topological polar surface area (TPSA) is 94.0 Å². The third-order valence-corrected chi connectivity index (χ3v) is 5.00. The molecule has 3 unspecified atom stereocenters. The second-order valence-corrected chi connectivity index (χ2v) is 7.24. The number of nitrogens with two attached hydrogens (primary N) is 1.